The summed E-state index contributed by atoms with van der Waals surface area (Å²) in [6.07, 6.45) is 5.85. The largest absolute Gasteiger partial charge is 0.508 e. The molecule has 0 aliphatic heterocycles. The Bertz CT molecular complexity index is 763. The van der Waals surface area contributed by atoms with E-state index >= 15 is 0 Å². The van der Waals surface area contributed by atoms with Gasteiger partial charge in [-0.05, 0) is 29.7 Å². The van der Waals surface area contributed by atoms with E-state index in [-0.39, 0.29) is 24.8 Å². The Hall–Kier alpha value is -0.119. The van der Waals surface area contributed by atoms with Crippen LogP contribution >= 0.6 is 24.8 Å². The number of benzene rings is 1. The Kier molecular flexibility index (Phi) is 17.9. The molecule has 1 aliphatic carbocycles. The molecule has 0 fully saturated rings. The van der Waals surface area contributed by atoms with Crippen LogP contribution in [0, 0.1) is 18.9 Å². The van der Waals surface area contributed by atoms with Gasteiger partial charge in [-0.15, -0.1) is 31.7 Å². The zero-order chi connectivity index (χ0) is 23.9. The number of rotatable bonds is 3. The Balaban J connectivity index is -0.000000425. The van der Waals surface area contributed by atoms with Gasteiger partial charge in [-0.25, -0.2) is 5.57 Å². The van der Waals surface area contributed by atoms with Crippen LogP contribution in [-0.2, 0) is 20.0 Å². The zero-order valence-corrected chi connectivity index (χ0v) is 26.7. The quantitative estimate of drug-likeness (QED) is 0.305. The standard InChI is InChI=1S/C13H22OSi.C9H13.C5H10.2ClH.Ti/c1-10-7-11(14)9-12(8-10)15(5,6)13(2,3)4;1-6-5-7(2)9(4)8(6)3;1-3-5-4-2;;;/h7-9,14H,1-6H3;6H,1-4H3;3-4H2,1-2H3;2*1H;/q;-1;;;;+1. The first-order chi connectivity index (χ1) is 13.6. The van der Waals surface area contributed by atoms with E-state index in [1.807, 2.05) is 19.1 Å². The van der Waals surface area contributed by atoms with Crippen molar-refractivity contribution in [2.75, 3.05) is 0 Å². The molecule has 0 saturated heterocycles. The fraction of sp³-hybridized carbons (Fsp3) is 0.593. The fourth-order valence-corrected chi connectivity index (χ4v) is 4.93. The molecule has 32 heavy (non-hydrogen) atoms. The van der Waals surface area contributed by atoms with Crippen LogP contribution in [0.4, 0.5) is 0 Å². The molecule has 0 spiro atoms. The number of phenolic OH excluding ortho intramolecular Hbond substituents is 1. The molecule has 2 rings (SSSR count). The summed E-state index contributed by atoms with van der Waals surface area (Å²) in [7, 11) is -1.50. The minimum atomic E-state index is -1.50. The average molecular weight is 535 g/mol. The van der Waals surface area contributed by atoms with Crippen LogP contribution in [-0.4, -0.2) is 17.0 Å². The molecule has 1 nitrogen and oxygen atoms in total. The molecule has 0 heterocycles. The summed E-state index contributed by atoms with van der Waals surface area (Å²) in [6.45, 7) is 26.7. The summed E-state index contributed by atoms with van der Waals surface area (Å²) in [5.74, 6) is 0.958. The molecule has 1 aromatic carbocycles. The van der Waals surface area contributed by atoms with Gasteiger partial charge in [-0.3, -0.25) is 6.08 Å². The molecule has 0 radical (unpaired) electrons. The van der Waals surface area contributed by atoms with Crippen LogP contribution in [0.5, 0.6) is 5.75 Å². The maximum absolute atomic E-state index is 9.65. The van der Waals surface area contributed by atoms with E-state index in [2.05, 4.69) is 108 Å². The van der Waals surface area contributed by atoms with Gasteiger partial charge in [-0.1, -0.05) is 71.8 Å². The Morgan fingerprint density at radius 1 is 1.00 bits per heavy atom. The molecule has 1 N–H and O–H groups in total. The van der Waals surface area contributed by atoms with Crippen LogP contribution < -0.4 is 5.19 Å². The van der Waals surface area contributed by atoms with Crippen molar-refractivity contribution in [3.8, 4) is 5.75 Å². The summed E-state index contributed by atoms with van der Waals surface area (Å²) in [6, 6.07) is 5.97. The van der Waals surface area contributed by atoms with E-state index in [4.69, 9.17) is 0 Å². The van der Waals surface area contributed by atoms with E-state index in [1.54, 1.807) is 3.81 Å². The molecule has 1 unspecified atom stereocenters. The van der Waals surface area contributed by atoms with Crippen molar-refractivity contribution in [1.82, 2.24) is 0 Å². The van der Waals surface area contributed by atoms with Gasteiger partial charge >= 0.3 is 50.5 Å². The van der Waals surface area contributed by atoms with Gasteiger partial charge in [0.2, 0.25) is 0 Å². The van der Waals surface area contributed by atoms with Gasteiger partial charge in [0, 0.05) is 0 Å². The maximum atomic E-state index is 9.65. The van der Waals surface area contributed by atoms with E-state index in [0.29, 0.717) is 16.7 Å². The van der Waals surface area contributed by atoms with Crippen molar-refractivity contribution < 1.29 is 25.1 Å². The average Bonchev–Trinajstić information content (AvgIpc) is 2.86. The summed E-state index contributed by atoms with van der Waals surface area (Å²) < 4.78 is 1.59. The van der Waals surface area contributed by atoms with Gasteiger partial charge < -0.3 is 5.11 Å². The van der Waals surface area contributed by atoms with E-state index in [9.17, 15) is 5.11 Å². The minimum Gasteiger partial charge on any atom is -0.508 e. The zero-order valence-electron chi connectivity index (χ0n) is 22.5. The van der Waals surface area contributed by atoms with Gasteiger partial charge in [0.1, 0.15) is 5.75 Å². The molecule has 0 amide bonds. The molecule has 0 bridgehead atoms. The SMILES string of the molecule is CC1=[C-]C(C)C(C)=C1C.CC[C](=[Ti+])CC.Cc1cc(O)cc([Si](C)(C)C(C)(C)C)c1.Cl.Cl. The van der Waals surface area contributed by atoms with E-state index in [1.165, 1.54) is 34.7 Å². The molecule has 1 aromatic rings. The summed E-state index contributed by atoms with van der Waals surface area (Å²) in [4.78, 5) is 0. The van der Waals surface area contributed by atoms with Gasteiger partial charge in [0.05, 0.1) is 8.07 Å². The first-order valence-corrected chi connectivity index (χ1v) is 15.0. The molecule has 1 aliphatic rings. The normalized spacial score (nSPS) is 15.3. The Morgan fingerprint density at radius 3 is 1.69 bits per heavy atom. The Morgan fingerprint density at radius 2 is 1.47 bits per heavy atom. The minimum absolute atomic E-state index is 0. The topological polar surface area (TPSA) is 20.2 Å². The van der Waals surface area contributed by atoms with Crippen molar-refractivity contribution in [1.29, 1.82) is 0 Å². The number of hydrogen-bond donors (Lipinski definition) is 1. The summed E-state index contributed by atoms with van der Waals surface area (Å²) in [5, 5.41) is 11.3. The third kappa shape index (κ3) is 11.3. The van der Waals surface area contributed by atoms with Crippen LogP contribution in [0.2, 0.25) is 18.1 Å². The molecular weight excluding hydrogens is 487 g/mol. The predicted octanol–water partition coefficient (Wildman–Crippen LogP) is 8.51. The van der Waals surface area contributed by atoms with Crippen molar-refractivity contribution in [2.24, 2.45) is 5.92 Å². The van der Waals surface area contributed by atoms with Crippen molar-refractivity contribution in [3.63, 3.8) is 0 Å². The molecule has 0 aromatic heterocycles. The van der Waals surface area contributed by atoms with Crippen molar-refractivity contribution >= 4 is 41.9 Å². The Labute approximate surface area is 224 Å². The number of allylic oxidation sites excluding steroid dienone is 4. The number of aromatic hydroxyl groups is 1. The number of halogens is 2. The smallest absolute Gasteiger partial charge is 0.115 e. The van der Waals surface area contributed by atoms with E-state index < -0.39 is 8.07 Å². The molecule has 1 atom stereocenters. The molecule has 0 saturated carbocycles. The second-order valence-electron chi connectivity index (χ2n) is 10.0. The molecule has 183 valence electrons. The van der Waals surface area contributed by atoms with Gasteiger partial charge in [0.25, 0.3) is 0 Å². The van der Waals surface area contributed by atoms with Gasteiger partial charge in [-0.2, -0.15) is 11.1 Å². The third-order valence-electron chi connectivity index (χ3n) is 6.75. The van der Waals surface area contributed by atoms with Crippen molar-refractivity contribution in [3.05, 3.63) is 46.6 Å². The maximum Gasteiger partial charge on any atom is 0.115 e. The summed E-state index contributed by atoms with van der Waals surface area (Å²) in [5.41, 5.74) is 5.39. The first kappa shape index (κ1) is 36.4. The van der Waals surface area contributed by atoms with Gasteiger partial charge in [0.15, 0.2) is 0 Å². The molecule has 5 heteroatoms. The first-order valence-electron chi connectivity index (χ1n) is 11.2. The number of hydrogen-bond acceptors (Lipinski definition) is 1. The fourth-order valence-electron chi connectivity index (χ4n) is 2.97. The second-order valence-corrected chi connectivity index (χ2v) is 16.5. The van der Waals surface area contributed by atoms with Crippen LogP contribution in [0.1, 0.15) is 80.7 Å². The molecular formula is C27H47Cl2OSiTi. The van der Waals surface area contributed by atoms with Crippen LogP contribution in [0.25, 0.3) is 0 Å². The summed E-state index contributed by atoms with van der Waals surface area (Å²) >= 11 is 2.19. The number of aryl methyl sites for hydroxylation is 1. The van der Waals surface area contributed by atoms with Crippen molar-refractivity contribution in [2.45, 2.75) is 100 Å². The monoisotopic (exact) mass is 533 g/mol. The number of phenols is 1. The van der Waals surface area contributed by atoms with E-state index in [0.717, 1.165) is 5.56 Å². The second kappa shape index (κ2) is 15.7. The van der Waals surface area contributed by atoms with Crippen LogP contribution in [0.15, 0.2) is 34.9 Å². The predicted molar refractivity (Wildman–Crippen MR) is 150 cm³/mol. The van der Waals surface area contributed by atoms with Crippen LogP contribution in [0.3, 0.4) is 0 Å². The third-order valence-corrected chi connectivity index (χ3v) is 13.3.